The van der Waals surface area contributed by atoms with E-state index in [1.807, 2.05) is 25.1 Å². The summed E-state index contributed by atoms with van der Waals surface area (Å²) in [4.78, 5) is 18.4. The molecule has 0 aliphatic carbocycles. The fourth-order valence-corrected chi connectivity index (χ4v) is 2.72. The second-order valence-electron chi connectivity index (χ2n) is 6.08. The Bertz CT molecular complexity index is 921. The van der Waals surface area contributed by atoms with Gasteiger partial charge in [0.25, 0.3) is 0 Å². The molecule has 0 saturated carbocycles. The van der Waals surface area contributed by atoms with Crippen LogP contribution >= 0.6 is 0 Å². The van der Waals surface area contributed by atoms with Crippen LogP contribution in [0.15, 0.2) is 36.7 Å². The zero-order valence-corrected chi connectivity index (χ0v) is 15.3. The first-order valence-corrected chi connectivity index (χ1v) is 8.51. The van der Waals surface area contributed by atoms with Gasteiger partial charge in [-0.25, -0.2) is 9.78 Å². The predicted molar refractivity (Wildman–Crippen MR) is 99.9 cm³/mol. The highest BCUT2D eigenvalue weighted by Gasteiger charge is 2.19. The standard InChI is InChI=1S/C18H22N6O2/c1-5-23(14-9-7-6-8-13(14)4)15-16-21-22-17(24(16)11-10-19-15)20-18(25)26-12(2)3/h6-12H,5H2,1-4H3,(H,20,22,25). The molecular weight excluding hydrogens is 332 g/mol. The summed E-state index contributed by atoms with van der Waals surface area (Å²) in [6.45, 7) is 8.38. The van der Waals surface area contributed by atoms with E-state index >= 15 is 0 Å². The number of para-hydroxylation sites is 1. The Morgan fingerprint density at radius 2 is 2.08 bits per heavy atom. The third-order valence-corrected chi connectivity index (χ3v) is 3.84. The minimum Gasteiger partial charge on any atom is -0.447 e. The predicted octanol–water partition coefficient (Wildman–Crippen LogP) is 3.55. The van der Waals surface area contributed by atoms with Crippen molar-refractivity contribution in [2.24, 2.45) is 0 Å². The Hall–Kier alpha value is -3.16. The Balaban J connectivity index is 2.00. The number of hydrogen-bond donors (Lipinski definition) is 1. The van der Waals surface area contributed by atoms with E-state index in [-0.39, 0.29) is 12.1 Å². The van der Waals surface area contributed by atoms with Crippen molar-refractivity contribution >= 4 is 29.2 Å². The SMILES string of the molecule is CCN(c1ccccc1C)c1nccn2c(NC(=O)OC(C)C)nnc12. The molecule has 3 rings (SSSR count). The van der Waals surface area contributed by atoms with Crippen molar-refractivity contribution in [3.63, 3.8) is 0 Å². The van der Waals surface area contributed by atoms with Crippen LogP contribution < -0.4 is 10.2 Å². The average molecular weight is 354 g/mol. The molecule has 0 unspecified atom stereocenters. The van der Waals surface area contributed by atoms with Gasteiger partial charge in [0.15, 0.2) is 5.82 Å². The van der Waals surface area contributed by atoms with Crippen LogP contribution in [0.1, 0.15) is 26.3 Å². The maximum atomic E-state index is 11.9. The highest BCUT2D eigenvalue weighted by atomic mass is 16.6. The van der Waals surface area contributed by atoms with Crippen LogP contribution in [0.5, 0.6) is 0 Å². The van der Waals surface area contributed by atoms with E-state index in [1.54, 1.807) is 30.6 Å². The molecule has 3 aromatic rings. The summed E-state index contributed by atoms with van der Waals surface area (Å²) in [6, 6.07) is 8.08. The number of carbonyl (C=O) groups excluding carboxylic acids is 1. The van der Waals surface area contributed by atoms with Gasteiger partial charge in [0.05, 0.1) is 6.10 Å². The molecule has 0 aliphatic rings. The number of hydrogen-bond acceptors (Lipinski definition) is 6. The first-order valence-electron chi connectivity index (χ1n) is 8.51. The number of amides is 1. The third-order valence-electron chi connectivity index (χ3n) is 3.84. The Kier molecular flexibility index (Phi) is 5.01. The van der Waals surface area contributed by atoms with Crippen LogP contribution in [-0.2, 0) is 4.74 Å². The lowest BCUT2D eigenvalue weighted by molar-refractivity contribution is 0.129. The van der Waals surface area contributed by atoms with Gasteiger partial charge < -0.3 is 9.64 Å². The van der Waals surface area contributed by atoms with Gasteiger partial charge in [-0.15, -0.1) is 10.2 Å². The van der Waals surface area contributed by atoms with Crippen molar-refractivity contribution in [1.29, 1.82) is 0 Å². The maximum absolute atomic E-state index is 11.9. The number of benzene rings is 1. The van der Waals surface area contributed by atoms with Crippen molar-refractivity contribution in [2.45, 2.75) is 33.8 Å². The summed E-state index contributed by atoms with van der Waals surface area (Å²) in [7, 11) is 0. The van der Waals surface area contributed by atoms with Crippen LogP contribution in [0.3, 0.4) is 0 Å². The average Bonchev–Trinajstić information content (AvgIpc) is 3.00. The quantitative estimate of drug-likeness (QED) is 0.754. The monoisotopic (exact) mass is 354 g/mol. The highest BCUT2D eigenvalue weighted by Crippen LogP contribution is 2.29. The lowest BCUT2D eigenvalue weighted by atomic mass is 10.2. The van der Waals surface area contributed by atoms with E-state index in [0.29, 0.717) is 18.0 Å². The molecule has 0 aliphatic heterocycles. The summed E-state index contributed by atoms with van der Waals surface area (Å²) in [5.41, 5.74) is 2.74. The lowest BCUT2D eigenvalue weighted by Gasteiger charge is -2.23. The lowest BCUT2D eigenvalue weighted by Crippen LogP contribution is -2.20. The molecule has 0 atom stereocenters. The van der Waals surface area contributed by atoms with E-state index in [1.165, 1.54) is 0 Å². The molecule has 136 valence electrons. The van der Waals surface area contributed by atoms with Gasteiger partial charge in [-0.05, 0) is 39.3 Å². The van der Waals surface area contributed by atoms with Crippen molar-refractivity contribution in [2.75, 3.05) is 16.8 Å². The summed E-state index contributed by atoms with van der Waals surface area (Å²) in [5, 5.41) is 10.9. The number of nitrogens with one attached hydrogen (secondary N) is 1. The number of anilines is 3. The minimum absolute atomic E-state index is 0.219. The fraction of sp³-hybridized carbons (Fsp3) is 0.333. The molecule has 0 spiro atoms. The first-order chi connectivity index (χ1) is 12.5. The molecule has 0 radical (unpaired) electrons. The van der Waals surface area contributed by atoms with Crippen LogP contribution in [0.2, 0.25) is 0 Å². The van der Waals surface area contributed by atoms with Crippen molar-refractivity contribution in [3.8, 4) is 0 Å². The van der Waals surface area contributed by atoms with Gasteiger partial charge >= 0.3 is 6.09 Å². The van der Waals surface area contributed by atoms with Gasteiger partial charge in [0.2, 0.25) is 11.6 Å². The number of aryl methyl sites for hydroxylation is 1. The number of ether oxygens (including phenoxy) is 1. The van der Waals surface area contributed by atoms with Crippen LogP contribution in [0.25, 0.3) is 5.65 Å². The van der Waals surface area contributed by atoms with E-state index in [4.69, 9.17) is 4.74 Å². The van der Waals surface area contributed by atoms with Gasteiger partial charge in [-0.1, -0.05) is 18.2 Å². The van der Waals surface area contributed by atoms with Crippen LogP contribution in [0, 0.1) is 6.92 Å². The molecule has 2 aromatic heterocycles. The Morgan fingerprint density at radius 3 is 2.77 bits per heavy atom. The summed E-state index contributed by atoms with van der Waals surface area (Å²) < 4.78 is 6.78. The van der Waals surface area contributed by atoms with Gasteiger partial charge in [-0.3, -0.25) is 9.72 Å². The second kappa shape index (κ2) is 7.38. The second-order valence-corrected chi connectivity index (χ2v) is 6.08. The molecule has 2 heterocycles. The fourth-order valence-electron chi connectivity index (χ4n) is 2.72. The van der Waals surface area contributed by atoms with Crippen LogP contribution in [0.4, 0.5) is 22.2 Å². The normalized spacial score (nSPS) is 11.0. The molecule has 0 fully saturated rings. The summed E-state index contributed by atoms with van der Waals surface area (Å²) in [6.07, 6.45) is 2.57. The number of aromatic nitrogens is 4. The zero-order valence-electron chi connectivity index (χ0n) is 15.3. The molecule has 1 amide bonds. The number of carbonyl (C=O) groups is 1. The Labute approximate surface area is 151 Å². The largest absolute Gasteiger partial charge is 0.447 e. The molecule has 8 nitrogen and oxygen atoms in total. The van der Waals surface area contributed by atoms with Gasteiger partial charge in [0, 0.05) is 24.6 Å². The number of fused-ring (bicyclic) bond motifs is 1. The van der Waals surface area contributed by atoms with Gasteiger partial charge in [-0.2, -0.15) is 0 Å². The maximum Gasteiger partial charge on any atom is 0.414 e. The number of rotatable bonds is 5. The summed E-state index contributed by atoms with van der Waals surface area (Å²) in [5.74, 6) is 0.956. The minimum atomic E-state index is -0.570. The zero-order chi connectivity index (χ0) is 18.7. The third kappa shape index (κ3) is 3.44. The molecule has 0 saturated heterocycles. The van der Waals surface area contributed by atoms with E-state index in [0.717, 1.165) is 11.3 Å². The molecule has 26 heavy (non-hydrogen) atoms. The molecule has 8 heteroatoms. The van der Waals surface area contributed by atoms with Crippen molar-refractivity contribution in [1.82, 2.24) is 19.6 Å². The topological polar surface area (TPSA) is 84.7 Å². The van der Waals surface area contributed by atoms with Crippen LogP contribution in [-0.4, -0.2) is 38.3 Å². The van der Waals surface area contributed by atoms with E-state index in [9.17, 15) is 4.79 Å². The molecule has 1 N–H and O–H groups in total. The van der Waals surface area contributed by atoms with Gasteiger partial charge in [0.1, 0.15) is 0 Å². The van der Waals surface area contributed by atoms with Crippen molar-refractivity contribution in [3.05, 3.63) is 42.2 Å². The number of nitrogens with zero attached hydrogens (tertiary/aromatic N) is 5. The molecular formula is C18H22N6O2. The molecule has 0 bridgehead atoms. The van der Waals surface area contributed by atoms with E-state index < -0.39 is 6.09 Å². The smallest absolute Gasteiger partial charge is 0.414 e. The van der Waals surface area contributed by atoms with Crippen molar-refractivity contribution < 1.29 is 9.53 Å². The first kappa shape index (κ1) is 17.7. The van der Waals surface area contributed by atoms with E-state index in [2.05, 4.69) is 38.4 Å². The highest BCUT2D eigenvalue weighted by molar-refractivity contribution is 5.84. The Morgan fingerprint density at radius 1 is 1.31 bits per heavy atom. The molecule has 1 aromatic carbocycles. The summed E-state index contributed by atoms with van der Waals surface area (Å²) >= 11 is 0.